The maximum atomic E-state index is 12.4. The van der Waals surface area contributed by atoms with Crippen molar-refractivity contribution in [2.75, 3.05) is 11.4 Å². The predicted octanol–water partition coefficient (Wildman–Crippen LogP) is 3.21. The summed E-state index contributed by atoms with van der Waals surface area (Å²) in [5.74, 6) is -0.190. The van der Waals surface area contributed by atoms with Gasteiger partial charge in [-0.25, -0.2) is 4.79 Å². The minimum Gasteiger partial charge on any atom is -0.367 e. The molecule has 0 bridgehead atoms. The van der Waals surface area contributed by atoms with Crippen LogP contribution in [0, 0.1) is 0 Å². The number of carbonyl (C=O) groups excluding carboxylic acids is 1. The van der Waals surface area contributed by atoms with Gasteiger partial charge in [0.2, 0.25) is 5.91 Å². The van der Waals surface area contributed by atoms with E-state index in [4.69, 9.17) is 0 Å². The smallest absolute Gasteiger partial charge is 0.326 e. The molecule has 0 radical (unpaired) electrons. The molecule has 4 aromatic rings. The number of carbonyl (C=O) groups is 1. The minimum absolute atomic E-state index is 0.00466. The van der Waals surface area contributed by atoms with Gasteiger partial charge in [-0.3, -0.25) is 9.36 Å². The first-order valence-electron chi connectivity index (χ1n) is 10.5. The normalized spacial score (nSPS) is 12.8. The summed E-state index contributed by atoms with van der Waals surface area (Å²) in [6, 6.07) is 24.3. The van der Waals surface area contributed by atoms with Gasteiger partial charge in [0.15, 0.2) is 0 Å². The van der Waals surface area contributed by atoms with Gasteiger partial charge in [0.25, 0.3) is 0 Å². The summed E-state index contributed by atoms with van der Waals surface area (Å²) in [5.41, 5.74) is 6.21. The number of hydrogen-bond acceptors (Lipinski definition) is 3. The highest BCUT2D eigenvalue weighted by Crippen LogP contribution is 2.28. The lowest BCUT2D eigenvalue weighted by Gasteiger charge is -2.19. The summed E-state index contributed by atoms with van der Waals surface area (Å²) in [6.45, 7) is 2.36. The van der Waals surface area contributed by atoms with Crippen LogP contribution in [0.3, 0.4) is 0 Å². The molecule has 1 aliphatic heterocycles. The molecule has 6 heteroatoms. The molecule has 0 saturated carbocycles. The second-order valence-electron chi connectivity index (χ2n) is 7.93. The number of aromatic amines is 1. The number of fused-ring (bicyclic) bond motifs is 2. The Morgan fingerprint density at radius 2 is 1.68 bits per heavy atom. The van der Waals surface area contributed by atoms with Crippen LogP contribution in [0.25, 0.3) is 11.0 Å². The van der Waals surface area contributed by atoms with Crippen LogP contribution >= 0.6 is 0 Å². The number of hydrogen-bond donors (Lipinski definition) is 2. The van der Waals surface area contributed by atoms with Crippen molar-refractivity contribution in [1.82, 2.24) is 14.9 Å². The number of nitrogens with one attached hydrogen (secondary N) is 2. The summed E-state index contributed by atoms with van der Waals surface area (Å²) >= 11 is 0. The van der Waals surface area contributed by atoms with Crippen LogP contribution in [0.4, 0.5) is 5.69 Å². The van der Waals surface area contributed by atoms with Crippen LogP contribution < -0.4 is 15.9 Å². The van der Waals surface area contributed by atoms with Crippen LogP contribution in [0.2, 0.25) is 0 Å². The van der Waals surface area contributed by atoms with Gasteiger partial charge >= 0.3 is 5.69 Å². The minimum atomic E-state index is -0.274. The maximum Gasteiger partial charge on any atom is 0.326 e. The number of nitrogens with zero attached hydrogens (tertiary/aromatic N) is 2. The van der Waals surface area contributed by atoms with E-state index in [0.29, 0.717) is 6.54 Å². The van der Waals surface area contributed by atoms with Gasteiger partial charge in [0.05, 0.1) is 11.0 Å². The van der Waals surface area contributed by atoms with E-state index in [9.17, 15) is 9.59 Å². The van der Waals surface area contributed by atoms with Crippen molar-refractivity contribution < 1.29 is 4.79 Å². The molecule has 0 fully saturated rings. The Bertz CT molecular complexity index is 1290. The van der Waals surface area contributed by atoms with Gasteiger partial charge in [-0.15, -0.1) is 0 Å². The molecule has 0 atom stereocenters. The third-order valence-corrected chi connectivity index (χ3v) is 5.85. The molecule has 5 rings (SSSR count). The lowest BCUT2D eigenvalue weighted by atomic mass is 10.1. The SMILES string of the molecule is O=C(Cn1c(=O)[nH]c2ccccc21)NCc1ccc(CN2CCc3ccccc32)cc1. The van der Waals surface area contributed by atoms with E-state index in [1.807, 2.05) is 24.3 Å². The van der Waals surface area contributed by atoms with Crippen molar-refractivity contribution in [2.24, 2.45) is 0 Å². The van der Waals surface area contributed by atoms with Gasteiger partial charge in [0, 0.05) is 25.3 Å². The number of imidazole rings is 1. The van der Waals surface area contributed by atoms with Gasteiger partial charge in [0.1, 0.15) is 6.54 Å². The van der Waals surface area contributed by atoms with Crippen molar-refractivity contribution in [3.63, 3.8) is 0 Å². The molecule has 3 aromatic carbocycles. The first-order chi connectivity index (χ1) is 15.2. The topological polar surface area (TPSA) is 70.1 Å². The van der Waals surface area contributed by atoms with Crippen molar-refractivity contribution in [1.29, 1.82) is 0 Å². The van der Waals surface area contributed by atoms with Crippen LogP contribution in [-0.4, -0.2) is 22.0 Å². The summed E-state index contributed by atoms with van der Waals surface area (Å²) in [4.78, 5) is 29.7. The van der Waals surface area contributed by atoms with Crippen molar-refractivity contribution in [3.05, 3.63) is 100.0 Å². The van der Waals surface area contributed by atoms with E-state index < -0.39 is 0 Å². The molecular formula is C25H24N4O2. The molecule has 0 spiro atoms. The molecule has 1 amide bonds. The lowest BCUT2D eigenvalue weighted by Crippen LogP contribution is -2.31. The van der Waals surface area contributed by atoms with Gasteiger partial charge < -0.3 is 15.2 Å². The van der Waals surface area contributed by atoms with Crippen LogP contribution in [0.5, 0.6) is 0 Å². The van der Waals surface area contributed by atoms with Gasteiger partial charge in [-0.1, -0.05) is 54.6 Å². The van der Waals surface area contributed by atoms with Gasteiger partial charge in [-0.05, 0) is 41.3 Å². The third-order valence-electron chi connectivity index (χ3n) is 5.85. The Morgan fingerprint density at radius 3 is 2.55 bits per heavy atom. The van der Waals surface area contributed by atoms with Crippen LogP contribution in [-0.2, 0) is 30.8 Å². The first-order valence-corrected chi connectivity index (χ1v) is 10.5. The van der Waals surface area contributed by atoms with Crippen LogP contribution in [0.15, 0.2) is 77.6 Å². The fraction of sp³-hybridized carbons (Fsp3) is 0.200. The largest absolute Gasteiger partial charge is 0.367 e. The quantitative estimate of drug-likeness (QED) is 0.511. The number of aromatic nitrogens is 2. The molecule has 6 nitrogen and oxygen atoms in total. The molecule has 156 valence electrons. The second kappa shape index (κ2) is 8.14. The monoisotopic (exact) mass is 412 g/mol. The number of benzene rings is 3. The number of para-hydroxylation sites is 3. The molecule has 2 heterocycles. The summed E-state index contributed by atoms with van der Waals surface area (Å²) in [6.07, 6.45) is 1.10. The van der Waals surface area contributed by atoms with Crippen molar-refractivity contribution in [3.8, 4) is 0 Å². The molecule has 2 N–H and O–H groups in total. The number of amides is 1. The Labute approximate surface area is 180 Å². The summed E-state index contributed by atoms with van der Waals surface area (Å²) in [5, 5.41) is 2.91. The molecular weight excluding hydrogens is 388 g/mol. The standard InChI is InChI=1S/C25H24N4O2/c30-24(17-29-23-8-4-2-6-21(23)27-25(29)31)26-15-18-9-11-19(12-10-18)16-28-14-13-20-5-1-3-7-22(20)28/h1-12H,13-17H2,(H,26,30)(H,27,31). The average molecular weight is 412 g/mol. The first kappa shape index (κ1) is 19.2. The predicted molar refractivity (Wildman–Crippen MR) is 122 cm³/mol. The molecule has 0 unspecified atom stereocenters. The number of anilines is 1. The van der Waals surface area contributed by atoms with E-state index in [1.54, 1.807) is 0 Å². The van der Waals surface area contributed by atoms with Gasteiger partial charge in [-0.2, -0.15) is 0 Å². The zero-order valence-corrected chi connectivity index (χ0v) is 17.2. The van der Waals surface area contributed by atoms with E-state index in [0.717, 1.165) is 36.1 Å². The van der Waals surface area contributed by atoms with E-state index in [2.05, 4.69) is 63.7 Å². The van der Waals surface area contributed by atoms with Crippen molar-refractivity contribution in [2.45, 2.75) is 26.1 Å². The Balaban J connectivity index is 1.18. The van der Waals surface area contributed by atoms with E-state index in [-0.39, 0.29) is 18.1 Å². The zero-order chi connectivity index (χ0) is 21.2. The lowest BCUT2D eigenvalue weighted by molar-refractivity contribution is -0.121. The van der Waals surface area contributed by atoms with E-state index in [1.165, 1.54) is 21.4 Å². The Hall–Kier alpha value is -3.80. The fourth-order valence-electron chi connectivity index (χ4n) is 4.22. The molecule has 1 aliphatic rings. The highest BCUT2D eigenvalue weighted by molar-refractivity contribution is 5.80. The van der Waals surface area contributed by atoms with Crippen LogP contribution in [0.1, 0.15) is 16.7 Å². The Morgan fingerprint density at radius 1 is 0.935 bits per heavy atom. The highest BCUT2D eigenvalue weighted by Gasteiger charge is 2.18. The average Bonchev–Trinajstić information content (AvgIpc) is 3.34. The number of rotatable bonds is 6. The number of H-pyrrole nitrogens is 1. The summed E-state index contributed by atoms with van der Waals surface area (Å²) in [7, 11) is 0. The Kier molecular flexibility index (Phi) is 5.04. The maximum absolute atomic E-state index is 12.4. The second-order valence-corrected chi connectivity index (χ2v) is 7.93. The molecule has 0 aliphatic carbocycles. The van der Waals surface area contributed by atoms with Crippen molar-refractivity contribution >= 4 is 22.6 Å². The molecule has 31 heavy (non-hydrogen) atoms. The molecule has 1 aromatic heterocycles. The fourth-order valence-corrected chi connectivity index (χ4v) is 4.22. The van der Waals surface area contributed by atoms with E-state index >= 15 is 0 Å². The third kappa shape index (κ3) is 3.97. The summed E-state index contributed by atoms with van der Waals surface area (Å²) < 4.78 is 1.46. The highest BCUT2D eigenvalue weighted by atomic mass is 16.2. The molecule has 0 saturated heterocycles. The zero-order valence-electron chi connectivity index (χ0n) is 17.2.